The topological polar surface area (TPSA) is 41.6 Å². The van der Waals surface area contributed by atoms with E-state index >= 15 is 0 Å². The Morgan fingerprint density at radius 3 is 3.14 bits per heavy atom. The fraction of sp³-hybridized carbons (Fsp3) is 0.200. The van der Waals surface area contributed by atoms with Gasteiger partial charge in [-0.3, -0.25) is 4.68 Å². The van der Waals surface area contributed by atoms with Crippen LogP contribution in [0.3, 0.4) is 0 Å². The van der Waals surface area contributed by atoms with Gasteiger partial charge in [0.25, 0.3) is 0 Å². The summed E-state index contributed by atoms with van der Waals surface area (Å²) >= 11 is 1.64. The summed E-state index contributed by atoms with van der Waals surface area (Å²) in [4.78, 5) is 1.12. The van der Waals surface area contributed by atoms with Crippen LogP contribution in [-0.4, -0.2) is 9.78 Å². The van der Waals surface area contributed by atoms with Crippen molar-refractivity contribution in [3.8, 4) is 16.6 Å². The molecule has 3 nitrogen and oxygen atoms in total. The molecule has 2 aromatic heterocycles. The van der Waals surface area contributed by atoms with E-state index in [-0.39, 0.29) is 0 Å². The molecule has 0 radical (unpaired) electrons. The van der Waals surface area contributed by atoms with Gasteiger partial charge in [-0.25, -0.2) is 0 Å². The molecule has 0 saturated heterocycles. The lowest BCUT2D eigenvalue weighted by molar-refractivity contribution is 0.770. The van der Waals surface area contributed by atoms with Gasteiger partial charge < -0.3 is 0 Å². The summed E-state index contributed by atoms with van der Waals surface area (Å²) in [6.45, 7) is 0. The zero-order valence-corrected chi connectivity index (χ0v) is 8.58. The maximum atomic E-state index is 8.67. The van der Waals surface area contributed by atoms with Gasteiger partial charge in [0.15, 0.2) is 0 Å². The molecular formula is C10H9N3S. The molecule has 0 aliphatic carbocycles. The molecule has 2 rings (SSSR count). The number of nitrogens with zero attached hydrogens (tertiary/aromatic N) is 3. The van der Waals surface area contributed by atoms with Crippen molar-refractivity contribution < 1.29 is 0 Å². The average molecular weight is 203 g/mol. The van der Waals surface area contributed by atoms with Gasteiger partial charge in [-0.15, -0.1) is 11.3 Å². The molecule has 2 aromatic rings. The number of hydrogen-bond acceptors (Lipinski definition) is 3. The summed E-state index contributed by atoms with van der Waals surface area (Å²) in [5.74, 6) is 0. The molecule has 0 atom stereocenters. The van der Waals surface area contributed by atoms with Crippen molar-refractivity contribution in [2.24, 2.45) is 7.05 Å². The van der Waals surface area contributed by atoms with Gasteiger partial charge >= 0.3 is 0 Å². The smallest absolute Gasteiger partial charge is 0.106 e. The summed E-state index contributed by atoms with van der Waals surface area (Å²) < 4.78 is 1.75. The van der Waals surface area contributed by atoms with E-state index in [1.54, 1.807) is 16.0 Å². The Hall–Kier alpha value is -1.60. The van der Waals surface area contributed by atoms with Crippen molar-refractivity contribution >= 4 is 11.3 Å². The van der Waals surface area contributed by atoms with E-state index in [0.717, 1.165) is 16.1 Å². The molecular weight excluding hydrogens is 194 g/mol. The van der Waals surface area contributed by atoms with Crippen LogP contribution in [-0.2, 0) is 13.5 Å². The first-order valence-electron chi connectivity index (χ1n) is 4.24. The van der Waals surface area contributed by atoms with Crippen molar-refractivity contribution in [1.29, 1.82) is 5.26 Å². The highest BCUT2D eigenvalue weighted by Crippen LogP contribution is 2.26. The third-order valence-electron chi connectivity index (χ3n) is 1.93. The lowest BCUT2D eigenvalue weighted by atomic mass is 10.2. The van der Waals surface area contributed by atoms with Crippen molar-refractivity contribution in [2.75, 3.05) is 0 Å². The lowest BCUT2D eigenvalue weighted by Gasteiger charge is -1.92. The summed E-state index contributed by atoms with van der Waals surface area (Å²) in [6, 6.07) is 6.16. The summed E-state index contributed by atoms with van der Waals surface area (Å²) in [5, 5.41) is 15.0. The van der Waals surface area contributed by atoms with Crippen LogP contribution in [0.1, 0.15) is 5.56 Å². The summed E-state index contributed by atoms with van der Waals surface area (Å²) in [5.41, 5.74) is 1.93. The zero-order valence-electron chi connectivity index (χ0n) is 7.77. The van der Waals surface area contributed by atoms with Crippen molar-refractivity contribution in [1.82, 2.24) is 9.78 Å². The van der Waals surface area contributed by atoms with E-state index in [9.17, 15) is 0 Å². The highest BCUT2D eigenvalue weighted by Gasteiger charge is 2.09. The number of nitriles is 1. The molecule has 0 aliphatic heterocycles. The molecule has 4 heteroatoms. The van der Waals surface area contributed by atoms with Crippen molar-refractivity contribution in [3.05, 3.63) is 29.3 Å². The minimum atomic E-state index is 0.418. The van der Waals surface area contributed by atoms with Crippen LogP contribution < -0.4 is 0 Å². The van der Waals surface area contributed by atoms with Crippen LogP contribution in [0, 0.1) is 11.3 Å². The predicted octanol–water partition coefficient (Wildman–Crippen LogP) is 2.21. The second-order valence-electron chi connectivity index (χ2n) is 2.99. The summed E-state index contributed by atoms with van der Waals surface area (Å²) in [6.07, 6.45) is 2.32. The lowest BCUT2D eigenvalue weighted by Crippen LogP contribution is -1.86. The fourth-order valence-corrected chi connectivity index (χ4v) is 2.12. The Kier molecular flexibility index (Phi) is 2.33. The molecule has 0 aliphatic rings. The van der Waals surface area contributed by atoms with E-state index in [4.69, 9.17) is 5.26 Å². The predicted molar refractivity (Wildman–Crippen MR) is 55.8 cm³/mol. The molecule has 0 N–H and O–H groups in total. The standard InChI is InChI=1S/C10H9N3S/c1-13-7-8(4-5-11)10(12-13)9-3-2-6-14-9/h2-3,6-7H,4H2,1H3. The molecule has 0 fully saturated rings. The van der Waals surface area contributed by atoms with Gasteiger partial charge in [0.1, 0.15) is 5.69 Å². The van der Waals surface area contributed by atoms with Crippen molar-refractivity contribution in [3.63, 3.8) is 0 Å². The first-order valence-corrected chi connectivity index (χ1v) is 5.12. The first kappa shape index (κ1) is 8.97. The third kappa shape index (κ3) is 1.54. The highest BCUT2D eigenvalue weighted by molar-refractivity contribution is 7.13. The van der Waals surface area contributed by atoms with Gasteiger partial charge in [-0.05, 0) is 11.4 Å². The second kappa shape index (κ2) is 3.64. The third-order valence-corrected chi connectivity index (χ3v) is 2.81. The zero-order chi connectivity index (χ0) is 9.97. The Balaban J connectivity index is 2.48. The summed E-state index contributed by atoms with van der Waals surface area (Å²) in [7, 11) is 1.87. The van der Waals surface area contributed by atoms with E-state index in [1.165, 1.54) is 0 Å². The first-order chi connectivity index (χ1) is 6.81. The normalized spacial score (nSPS) is 10.0. The molecule has 0 amide bonds. The number of aromatic nitrogens is 2. The molecule has 70 valence electrons. The average Bonchev–Trinajstić information content (AvgIpc) is 2.74. The van der Waals surface area contributed by atoms with E-state index in [0.29, 0.717) is 6.42 Å². The minimum absolute atomic E-state index is 0.418. The van der Waals surface area contributed by atoms with Gasteiger partial charge in [-0.2, -0.15) is 10.4 Å². The van der Waals surface area contributed by atoms with Crippen molar-refractivity contribution in [2.45, 2.75) is 6.42 Å². The van der Waals surface area contributed by atoms with E-state index < -0.39 is 0 Å². The number of hydrogen-bond donors (Lipinski definition) is 0. The Morgan fingerprint density at radius 1 is 1.64 bits per heavy atom. The van der Waals surface area contributed by atoms with Crippen LogP contribution in [0.15, 0.2) is 23.7 Å². The van der Waals surface area contributed by atoms with Gasteiger partial charge in [-0.1, -0.05) is 6.07 Å². The van der Waals surface area contributed by atoms with Crippen LogP contribution >= 0.6 is 11.3 Å². The van der Waals surface area contributed by atoms with Crippen LogP contribution in [0.25, 0.3) is 10.6 Å². The van der Waals surface area contributed by atoms with Crippen LogP contribution in [0.2, 0.25) is 0 Å². The number of thiophene rings is 1. The second-order valence-corrected chi connectivity index (χ2v) is 3.94. The van der Waals surface area contributed by atoms with Gasteiger partial charge in [0.05, 0.1) is 17.4 Å². The fourth-order valence-electron chi connectivity index (χ4n) is 1.37. The molecule has 0 aromatic carbocycles. The maximum absolute atomic E-state index is 8.67. The Morgan fingerprint density at radius 2 is 2.50 bits per heavy atom. The monoisotopic (exact) mass is 203 g/mol. The SMILES string of the molecule is Cn1cc(CC#N)c(-c2cccs2)n1. The molecule has 0 saturated carbocycles. The Labute approximate surface area is 86.2 Å². The molecule has 2 heterocycles. The molecule has 0 spiro atoms. The van der Waals surface area contributed by atoms with E-state index in [2.05, 4.69) is 11.2 Å². The minimum Gasteiger partial charge on any atom is -0.275 e. The van der Waals surface area contributed by atoms with Gasteiger partial charge in [0.2, 0.25) is 0 Å². The maximum Gasteiger partial charge on any atom is 0.106 e. The van der Waals surface area contributed by atoms with E-state index in [1.807, 2.05) is 30.8 Å². The Bertz CT molecular complexity index is 462. The number of rotatable bonds is 2. The molecule has 0 bridgehead atoms. The highest BCUT2D eigenvalue weighted by atomic mass is 32.1. The molecule has 14 heavy (non-hydrogen) atoms. The van der Waals surface area contributed by atoms with Gasteiger partial charge in [0, 0.05) is 18.8 Å². The largest absolute Gasteiger partial charge is 0.275 e. The number of aryl methyl sites for hydroxylation is 1. The quantitative estimate of drug-likeness (QED) is 0.751. The van der Waals surface area contributed by atoms with Crippen LogP contribution in [0.4, 0.5) is 0 Å². The molecule has 0 unspecified atom stereocenters. The van der Waals surface area contributed by atoms with Crippen LogP contribution in [0.5, 0.6) is 0 Å².